The molecule has 3 N–H and O–H groups in total. The summed E-state index contributed by atoms with van der Waals surface area (Å²) in [5.74, 6) is -0.173. The van der Waals surface area contributed by atoms with Crippen molar-refractivity contribution in [2.24, 2.45) is 12.1 Å². The molecular weight excluding hydrogens is 466 g/mol. The van der Waals surface area contributed by atoms with Crippen LogP contribution in [0.2, 0.25) is 4.34 Å². The van der Waals surface area contributed by atoms with E-state index in [-0.39, 0.29) is 23.1 Å². The second kappa shape index (κ2) is 8.83. The SMILES string of the molecule is C/C(=N/NC(=O)c1nnn(-c2nonc2N)c1CSc1nncn1C)c1ccc(Cl)s1. The number of nitrogens with two attached hydrogens (primary N) is 1. The van der Waals surface area contributed by atoms with Gasteiger partial charge in [0.15, 0.2) is 10.9 Å². The van der Waals surface area contributed by atoms with E-state index in [1.54, 1.807) is 30.9 Å². The number of amides is 1. The minimum absolute atomic E-state index is 0.00482. The Balaban J connectivity index is 1.61. The molecule has 1 amide bonds. The summed E-state index contributed by atoms with van der Waals surface area (Å²) in [5.41, 5.74) is 9.31. The molecule has 0 aliphatic heterocycles. The second-order valence-corrected chi connectivity index (χ2v) is 8.68. The molecule has 0 unspecified atom stereocenters. The van der Waals surface area contributed by atoms with Crippen molar-refractivity contribution >= 4 is 52.1 Å². The second-order valence-electron chi connectivity index (χ2n) is 6.02. The zero-order valence-electron chi connectivity index (χ0n) is 16.1. The Morgan fingerprint density at radius 1 is 1.39 bits per heavy atom. The van der Waals surface area contributed by atoms with Crippen LogP contribution in [0.1, 0.15) is 28.0 Å². The average molecular weight is 480 g/mol. The number of halogens is 1. The number of anilines is 1. The van der Waals surface area contributed by atoms with Crippen molar-refractivity contribution in [1.82, 2.24) is 45.5 Å². The van der Waals surface area contributed by atoms with Crippen molar-refractivity contribution in [1.29, 1.82) is 0 Å². The molecule has 0 spiro atoms. The maximum Gasteiger partial charge on any atom is 0.293 e. The standard InChI is InChI=1S/C15H14ClN11O2S2/c1-7(9-3-4-10(16)31-9)19-21-14(28)11-8(5-30-15-22-18-6-26(15)2)27(25-20-11)13-12(17)23-29-24-13/h3-4,6H,5H2,1-2H3,(H2,17,23)(H,21,28)/b19-7-. The summed E-state index contributed by atoms with van der Waals surface area (Å²) in [6.45, 7) is 1.76. The summed E-state index contributed by atoms with van der Waals surface area (Å²) in [6.07, 6.45) is 1.57. The number of carbonyl (C=O) groups excluding carboxylic acids is 1. The minimum Gasteiger partial charge on any atom is -0.378 e. The fourth-order valence-corrected chi connectivity index (χ4v) is 4.27. The molecule has 0 aliphatic carbocycles. The highest BCUT2D eigenvalue weighted by Gasteiger charge is 2.24. The van der Waals surface area contributed by atoms with E-state index in [2.05, 4.69) is 46.0 Å². The fourth-order valence-electron chi connectivity index (χ4n) is 2.40. The van der Waals surface area contributed by atoms with Gasteiger partial charge in [-0.1, -0.05) is 28.6 Å². The topological polar surface area (TPSA) is 168 Å². The number of nitrogens with one attached hydrogen (secondary N) is 1. The molecule has 0 aromatic carbocycles. The number of hydrogen-bond acceptors (Lipinski definition) is 12. The van der Waals surface area contributed by atoms with Gasteiger partial charge >= 0.3 is 0 Å². The van der Waals surface area contributed by atoms with Crippen molar-refractivity contribution in [2.45, 2.75) is 17.8 Å². The molecule has 31 heavy (non-hydrogen) atoms. The van der Waals surface area contributed by atoms with Crippen LogP contribution in [0.15, 0.2) is 33.3 Å². The molecule has 0 fully saturated rings. The minimum atomic E-state index is -0.558. The van der Waals surface area contributed by atoms with E-state index in [9.17, 15) is 4.79 Å². The van der Waals surface area contributed by atoms with Crippen LogP contribution in [0.3, 0.4) is 0 Å². The van der Waals surface area contributed by atoms with Gasteiger partial charge in [-0.05, 0) is 29.4 Å². The predicted octanol–water partition coefficient (Wildman–Crippen LogP) is 1.52. The lowest BCUT2D eigenvalue weighted by molar-refractivity contribution is 0.0949. The van der Waals surface area contributed by atoms with E-state index >= 15 is 0 Å². The van der Waals surface area contributed by atoms with Crippen LogP contribution in [-0.4, -0.2) is 51.7 Å². The first kappa shape index (κ1) is 21.0. The smallest absolute Gasteiger partial charge is 0.293 e. The first-order chi connectivity index (χ1) is 14.9. The number of hydrazone groups is 1. The van der Waals surface area contributed by atoms with Gasteiger partial charge in [-0.15, -0.1) is 26.6 Å². The molecule has 16 heteroatoms. The highest BCUT2D eigenvalue weighted by atomic mass is 35.5. The average Bonchev–Trinajstić information content (AvgIpc) is 3.52. The Bertz CT molecular complexity index is 1260. The molecule has 4 rings (SSSR count). The summed E-state index contributed by atoms with van der Waals surface area (Å²) >= 11 is 8.63. The number of aryl methyl sites for hydroxylation is 1. The summed E-state index contributed by atoms with van der Waals surface area (Å²) in [7, 11) is 1.80. The van der Waals surface area contributed by atoms with Gasteiger partial charge in [-0.2, -0.15) is 9.78 Å². The molecule has 4 aromatic heterocycles. The van der Waals surface area contributed by atoms with Gasteiger partial charge in [-0.25, -0.2) is 10.1 Å². The van der Waals surface area contributed by atoms with E-state index < -0.39 is 5.91 Å². The third-order valence-corrected chi connectivity index (χ3v) is 6.32. The third-order valence-electron chi connectivity index (χ3n) is 3.94. The Morgan fingerprint density at radius 3 is 2.87 bits per heavy atom. The van der Waals surface area contributed by atoms with Gasteiger partial charge < -0.3 is 10.3 Å². The summed E-state index contributed by atoms with van der Waals surface area (Å²) in [6, 6.07) is 3.57. The first-order valence-electron chi connectivity index (χ1n) is 8.54. The number of thioether (sulfide) groups is 1. The van der Waals surface area contributed by atoms with Crippen molar-refractivity contribution < 1.29 is 9.42 Å². The third kappa shape index (κ3) is 4.42. The molecule has 4 aromatic rings. The lowest BCUT2D eigenvalue weighted by Crippen LogP contribution is -2.21. The highest BCUT2D eigenvalue weighted by molar-refractivity contribution is 7.98. The van der Waals surface area contributed by atoms with Crippen LogP contribution < -0.4 is 11.2 Å². The van der Waals surface area contributed by atoms with Crippen LogP contribution in [0.4, 0.5) is 5.82 Å². The maximum absolute atomic E-state index is 12.8. The molecule has 160 valence electrons. The van der Waals surface area contributed by atoms with Gasteiger partial charge in [0.25, 0.3) is 5.91 Å². The van der Waals surface area contributed by atoms with E-state index in [0.29, 0.717) is 20.9 Å². The van der Waals surface area contributed by atoms with E-state index in [1.165, 1.54) is 27.8 Å². The van der Waals surface area contributed by atoms with Crippen molar-refractivity contribution in [3.63, 3.8) is 0 Å². The normalized spacial score (nSPS) is 11.8. The van der Waals surface area contributed by atoms with Crippen LogP contribution in [0.5, 0.6) is 0 Å². The van der Waals surface area contributed by atoms with Crippen molar-refractivity contribution in [3.8, 4) is 5.82 Å². The Morgan fingerprint density at radius 2 is 2.23 bits per heavy atom. The van der Waals surface area contributed by atoms with E-state index in [4.69, 9.17) is 17.3 Å². The number of rotatable bonds is 7. The molecule has 0 bridgehead atoms. The van der Waals surface area contributed by atoms with Crippen LogP contribution in [0.25, 0.3) is 5.82 Å². The largest absolute Gasteiger partial charge is 0.378 e. The highest BCUT2D eigenvalue weighted by Crippen LogP contribution is 2.25. The summed E-state index contributed by atoms with van der Waals surface area (Å²) < 4.78 is 8.30. The molecule has 0 radical (unpaired) electrons. The maximum atomic E-state index is 12.8. The van der Waals surface area contributed by atoms with Gasteiger partial charge in [0, 0.05) is 12.8 Å². The molecule has 0 atom stereocenters. The zero-order valence-corrected chi connectivity index (χ0v) is 18.4. The number of nitrogens with zero attached hydrogens (tertiary/aromatic N) is 9. The molecule has 0 saturated heterocycles. The van der Waals surface area contributed by atoms with E-state index in [0.717, 1.165) is 4.88 Å². The number of aromatic nitrogens is 8. The van der Waals surface area contributed by atoms with E-state index in [1.807, 2.05) is 6.07 Å². The van der Waals surface area contributed by atoms with Gasteiger partial charge in [0.1, 0.15) is 6.33 Å². The van der Waals surface area contributed by atoms with Gasteiger partial charge in [0.2, 0.25) is 11.6 Å². The summed E-state index contributed by atoms with van der Waals surface area (Å²) in [5, 5.41) is 27.9. The molecule has 0 saturated carbocycles. The quantitative estimate of drug-likeness (QED) is 0.225. The van der Waals surface area contributed by atoms with Crippen molar-refractivity contribution in [3.05, 3.63) is 39.1 Å². The van der Waals surface area contributed by atoms with Gasteiger partial charge in [-0.3, -0.25) is 4.79 Å². The van der Waals surface area contributed by atoms with Crippen LogP contribution in [-0.2, 0) is 12.8 Å². The first-order valence-corrected chi connectivity index (χ1v) is 10.7. The predicted molar refractivity (Wildman–Crippen MR) is 113 cm³/mol. The molecule has 0 aliphatic rings. The monoisotopic (exact) mass is 479 g/mol. The molecular formula is C15H14ClN11O2S2. The number of carbonyl (C=O) groups is 1. The Kier molecular flexibility index (Phi) is 5.97. The summed E-state index contributed by atoms with van der Waals surface area (Å²) in [4.78, 5) is 13.6. The van der Waals surface area contributed by atoms with Crippen molar-refractivity contribution in [2.75, 3.05) is 5.73 Å². The Hall–Kier alpha value is -3.30. The number of hydrogen-bond donors (Lipinski definition) is 2. The van der Waals surface area contributed by atoms with Crippen LogP contribution in [0, 0.1) is 0 Å². The molecule has 4 heterocycles. The number of nitrogen functional groups attached to an aromatic ring is 1. The van der Waals surface area contributed by atoms with Gasteiger partial charge in [0.05, 0.1) is 20.6 Å². The fraction of sp³-hybridized carbons (Fsp3) is 0.200. The lowest BCUT2D eigenvalue weighted by atomic mass is 10.3. The zero-order chi connectivity index (χ0) is 22.0. The molecule has 13 nitrogen and oxygen atoms in total. The Labute approximate surface area is 187 Å². The number of thiophene rings is 1. The lowest BCUT2D eigenvalue weighted by Gasteiger charge is -2.05. The van der Waals surface area contributed by atoms with Crippen LogP contribution >= 0.6 is 34.7 Å².